The first-order chi connectivity index (χ1) is 9.24. The molecule has 3 rings (SSSR count). The number of aromatic nitrogens is 1. The normalized spacial score (nSPS) is 15.2. The van der Waals surface area contributed by atoms with Crippen molar-refractivity contribution in [3.05, 3.63) is 34.3 Å². The smallest absolute Gasteiger partial charge is 0.408 e. The quantitative estimate of drug-likeness (QED) is 0.810. The molecular weight excluding hydrogens is 240 g/mol. The average Bonchev–Trinajstić information content (AvgIpc) is 3.18. The number of nitrogens with zero attached hydrogens (tertiary/aromatic N) is 1. The summed E-state index contributed by atoms with van der Waals surface area (Å²) in [6.45, 7) is 1.12. The molecule has 102 valence electrons. The van der Waals surface area contributed by atoms with Crippen molar-refractivity contribution in [1.29, 1.82) is 0 Å². The molecule has 1 saturated carbocycles. The number of unbranched alkanes of at least 4 members (excludes halogenated alkanes) is 1. The fourth-order valence-corrected chi connectivity index (χ4v) is 2.38. The van der Waals surface area contributed by atoms with Crippen LogP contribution in [0, 0.1) is 0 Å². The predicted octanol–water partition coefficient (Wildman–Crippen LogP) is 2.21. The molecule has 0 spiro atoms. The van der Waals surface area contributed by atoms with Crippen LogP contribution >= 0.6 is 0 Å². The van der Waals surface area contributed by atoms with Crippen molar-refractivity contribution >= 4 is 11.1 Å². The van der Waals surface area contributed by atoms with E-state index in [1.807, 2.05) is 6.07 Å². The van der Waals surface area contributed by atoms with Crippen molar-refractivity contribution in [3.8, 4) is 0 Å². The SMILES string of the molecule is Cn1c(=O)oc2ccc(CCCCNC3CC3)cc21. The van der Waals surface area contributed by atoms with E-state index in [4.69, 9.17) is 4.42 Å². The second-order valence-corrected chi connectivity index (χ2v) is 5.41. The molecule has 1 N–H and O–H groups in total. The number of benzene rings is 1. The summed E-state index contributed by atoms with van der Waals surface area (Å²) in [5, 5.41) is 3.52. The Morgan fingerprint density at radius 3 is 3.00 bits per heavy atom. The topological polar surface area (TPSA) is 47.2 Å². The second-order valence-electron chi connectivity index (χ2n) is 5.41. The molecule has 0 bridgehead atoms. The van der Waals surface area contributed by atoms with E-state index in [-0.39, 0.29) is 5.76 Å². The van der Waals surface area contributed by atoms with Gasteiger partial charge in [-0.15, -0.1) is 0 Å². The number of aryl methyl sites for hydroxylation is 2. The minimum Gasteiger partial charge on any atom is -0.408 e. The Bertz CT molecular complexity index is 623. The van der Waals surface area contributed by atoms with E-state index < -0.39 is 0 Å². The highest BCUT2D eigenvalue weighted by molar-refractivity contribution is 5.73. The summed E-state index contributed by atoms with van der Waals surface area (Å²) in [5.74, 6) is -0.291. The van der Waals surface area contributed by atoms with Gasteiger partial charge in [-0.1, -0.05) is 6.07 Å². The van der Waals surface area contributed by atoms with Crippen LogP contribution in [0.4, 0.5) is 0 Å². The van der Waals surface area contributed by atoms with Gasteiger partial charge in [-0.2, -0.15) is 0 Å². The molecule has 4 heteroatoms. The van der Waals surface area contributed by atoms with E-state index in [9.17, 15) is 4.79 Å². The Hall–Kier alpha value is -1.55. The maximum absolute atomic E-state index is 11.4. The van der Waals surface area contributed by atoms with Gasteiger partial charge in [0.05, 0.1) is 5.52 Å². The van der Waals surface area contributed by atoms with Crippen molar-refractivity contribution in [1.82, 2.24) is 9.88 Å². The van der Waals surface area contributed by atoms with E-state index in [0.29, 0.717) is 5.58 Å². The van der Waals surface area contributed by atoms with Gasteiger partial charge in [-0.3, -0.25) is 4.57 Å². The van der Waals surface area contributed by atoms with E-state index in [1.165, 1.54) is 31.2 Å². The van der Waals surface area contributed by atoms with Gasteiger partial charge >= 0.3 is 5.76 Å². The lowest BCUT2D eigenvalue weighted by Gasteiger charge is -2.03. The van der Waals surface area contributed by atoms with E-state index in [1.54, 1.807) is 11.6 Å². The van der Waals surface area contributed by atoms with Gasteiger partial charge in [0, 0.05) is 13.1 Å². The number of fused-ring (bicyclic) bond motifs is 1. The summed E-state index contributed by atoms with van der Waals surface area (Å²) >= 11 is 0. The van der Waals surface area contributed by atoms with Gasteiger partial charge in [0.25, 0.3) is 0 Å². The molecule has 0 atom stereocenters. The Kier molecular flexibility index (Phi) is 3.42. The van der Waals surface area contributed by atoms with Crippen molar-refractivity contribution in [2.45, 2.75) is 38.1 Å². The number of hydrogen-bond acceptors (Lipinski definition) is 3. The minimum atomic E-state index is -0.291. The molecule has 0 aliphatic heterocycles. The number of nitrogens with one attached hydrogen (secondary N) is 1. The largest absolute Gasteiger partial charge is 0.419 e. The Labute approximate surface area is 112 Å². The fourth-order valence-electron chi connectivity index (χ4n) is 2.38. The van der Waals surface area contributed by atoms with E-state index in [0.717, 1.165) is 24.5 Å². The molecule has 0 unspecified atom stereocenters. The van der Waals surface area contributed by atoms with Gasteiger partial charge in [-0.05, 0) is 56.3 Å². The maximum Gasteiger partial charge on any atom is 0.419 e. The lowest BCUT2D eigenvalue weighted by atomic mass is 10.1. The van der Waals surface area contributed by atoms with Crippen molar-refractivity contribution in [2.75, 3.05) is 6.54 Å². The molecule has 1 heterocycles. The second kappa shape index (κ2) is 5.21. The van der Waals surface area contributed by atoms with Crippen LogP contribution in [0.1, 0.15) is 31.2 Å². The van der Waals surface area contributed by atoms with Gasteiger partial charge in [0.1, 0.15) is 0 Å². The molecule has 0 radical (unpaired) electrons. The lowest BCUT2D eigenvalue weighted by molar-refractivity contribution is 0.528. The number of hydrogen-bond donors (Lipinski definition) is 1. The molecular formula is C15H20N2O2. The van der Waals surface area contributed by atoms with E-state index >= 15 is 0 Å². The fraction of sp³-hybridized carbons (Fsp3) is 0.533. The molecule has 0 saturated heterocycles. The molecule has 1 aromatic carbocycles. The zero-order valence-corrected chi connectivity index (χ0v) is 11.3. The Morgan fingerprint density at radius 1 is 1.37 bits per heavy atom. The van der Waals surface area contributed by atoms with Crippen molar-refractivity contribution in [3.63, 3.8) is 0 Å². The molecule has 4 nitrogen and oxygen atoms in total. The van der Waals surface area contributed by atoms with Gasteiger partial charge in [0.15, 0.2) is 5.58 Å². The zero-order valence-electron chi connectivity index (χ0n) is 11.3. The molecule has 1 aliphatic rings. The highest BCUT2D eigenvalue weighted by Crippen LogP contribution is 2.19. The molecule has 19 heavy (non-hydrogen) atoms. The van der Waals surface area contributed by atoms with Crippen molar-refractivity contribution in [2.24, 2.45) is 7.05 Å². The third-order valence-electron chi connectivity index (χ3n) is 3.76. The van der Waals surface area contributed by atoms with Crippen molar-refractivity contribution < 1.29 is 4.42 Å². The van der Waals surface area contributed by atoms with Crippen LogP contribution in [0.15, 0.2) is 27.4 Å². The summed E-state index contributed by atoms with van der Waals surface area (Å²) in [7, 11) is 1.75. The lowest BCUT2D eigenvalue weighted by Crippen LogP contribution is -2.17. The van der Waals surface area contributed by atoms with Gasteiger partial charge in [-0.25, -0.2) is 4.79 Å². The number of oxazole rings is 1. The van der Waals surface area contributed by atoms with E-state index in [2.05, 4.69) is 17.4 Å². The first-order valence-electron chi connectivity index (χ1n) is 7.06. The first kappa shape index (κ1) is 12.5. The van der Waals surface area contributed by atoms with Gasteiger partial charge in [0.2, 0.25) is 0 Å². The standard InChI is InChI=1S/C15H20N2O2/c1-17-13-10-11(5-8-14(13)19-15(17)18)4-2-3-9-16-12-6-7-12/h5,8,10,12,16H,2-4,6-7,9H2,1H3. The van der Waals surface area contributed by atoms with Crippen LogP contribution < -0.4 is 11.1 Å². The van der Waals surface area contributed by atoms with Crippen LogP contribution in [-0.4, -0.2) is 17.2 Å². The monoisotopic (exact) mass is 260 g/mol. The van der Waals surface area contributed by atoms with Crippen LogP contribution in [0.3, 0.4) is 0 Å². The molecule has 1 fully saturated rings. The average molecular weight is 260 g/mol. The number of rotatable bonds is 6. The molecule has 1 aliphatic carbocycles. The highest BCUT2D eigenvalue weighted by Gasteiger charge is 2.19. The molecule has 2 aromatic rings. The Morgan fingerprint density at radius 2 is 2.21 bits per heavy atom. The third kappa shape index (κ3) is 2.89. The summed E-state index contributed by atoms with van der Waals surface area (Å²) in [6.07, 6.45) is 6.15. The summed E-state index contributed by atoms with van der Waals surface area (Å²) < 4.78 is 6.69. The predicted molar refractivity (Wildman–Crippen MR) is 75.4 cm³/mol. The van der Waals surface area contributed by atoms with Crippen LogP contribution in [0.25, 0.3) is 11.1 Å². The summed E-state index contributed by atoms with van der Waals surface area (Å²) in [4.78, 5) is 11.4. The van der Waals surface area contributed by atoms with Gasteiger partial charge < -0.3 is 9.73 Å². The zero-order chi connectivity index (χ0) is 13.2. The highest BCUT2D eigenvalue weighted by atomic mass is 16.4. The molecule has 0 amide bonds. The third-order valence-corrected chi connectivity index (χ3v) is 3.76. The van der Waals surface area contributed by atoms with Crippen LogP contribution in [0.5, 0.6) is 0 Å². The summed E-state index contributed by atoms with van der Waals surface area (Å²) in [5.41, 5.74) is 2.83. The molecule has 1 aromatic heterocycles. The minimum absolute atomic E-state index is 0.291. The first-order valence-corrected chi connectivity index (χ1v) is 7.06. The van der Waals surface area contributed by atoms with Crippen LogP contribution in [0.2, 0.25) is 0 Å². The summed E-state index contributed by atoms with van der Waals surface area (Å²) in [6, 6.07) is 6.82. The Balaban J connectivity index is 1.57. The van der Waals surface area contributed by atoms with Crippen LogP contribution in [-0.2, 0) is 13.5 Å². The maximum atomic E-state index is 11.4.